The number of anilines is 2. The average molecular weight is 476 g/mol. The summed E-state index contributed by atoms with van der Waals surface area (Å²) in [5.74, 6) is -0.287. The van der Waals surface area contributed by atoms with E-state index < -0.39 is 17.8 Å². The van der Waals surface area contributed by atoms with Crippen LogP contribution in [0.1, 0.15) is 49.2 Å². The quantitative estimate of drug-likeness (QED) is 0.468. The van der Waals surface area contributed by atoms with Crippen molar-refractivity contribution in [2.45, 2.75) is 39.2 Å². The van der Waals surface area contributed by atoms with Gasteiger partial charge in [0.05, 0.1) is 23.6 Å². The van der Waals surface area contributed by atoms with Gasteiger partial charge in [-0.1, -0.05) is 16.8 Å². The zero-order valence-electron chi connectivity index (χ0n) is 18.3. The molecule has 2 atom stereocenters. The van der Waals surface area contributed by atoms with Crippen LogP contribution in [0.3, 0.4) is 0 Å². The van der Waals surface area contributed by atoms with E-state index in [4.69, 9.17) is 26.6 Å². The van der Waals surface area contributed by atoms with Crippen LogP contribution >= 0.6 is 11.6 Å². The molecule has 4 N–H and O–H groups in total. The number of rotatable bonds is 7. The first kappa shape index (κ1) is 22.7. The third-order valence-corrected chi connectivity index (χ3v) is 5.75. The summed E-state index contributed by atoms with van der Waals surface area (Å²) < 4.78 is 26.4. The maximum atomic E-state index is 15.5. The Morgan fingerprint density at radius 2 is 2.24 bits per heavy atom. The fourth-order valence-electron chi connectivity index (χ4n) is 3.82. The van der Waals surface area contributed by atoms with Gasteiger partial charge in [0.2, 0.25) is 5.91 Å². The highest BCUT2D eigenvalue weighted by atomic mass is 35.5. The van der Waals surface area contributed by atoms with Crippen LogP contribution in [0.5, 0.6) is 5.75 Å². The van der Waals surface area contributed by atoms with E-state index in [0.717, 1.165) is 0 Å². The first-order chi connectivity index (χ1) is 15.8. The fourth-order valence-corrected chi connectivity index (χ4v) is 4.14. The van der Waals surface area contributed by atoms with Crippen LogP contribution in [0.2, 0.25) is 5.02 Å². The van der Waals surface area contributed by atoms with E-state index in [1.165, 1.54) is 6.33 Å². The summed E-state index contributed by atoms with van der Waals surface area (Å²) in [5.41, 5.74) is 6.95. The number of carbonyl (C=O) groups is 1. The lowest BCUT2D eigenvalue weighted by atomic mass is 9.93. The van der Waals surface area contributed by atoms with E-state index in [9.17, 15) is 4.79 Å². The van der Waals surface area contributed by atoms with Gasteiger partial charge in [0.15, 0.2) is 5.82 Å². The zero-order chi connectivity index (χ0) is 23.7. The first-order valence-corrected chi connectivity index (χ1v) is 10.8. The van der Waals surface area contributed by atoms with Gasteiger partial charge >= 0.3 is 0 Å². The van der Waals surface area contributed by atoms with Crippen molar-refractivity contribution >= 4 is 29.1 Å². The molecule has 1 saturated heterocycles. The van der Waals surface area contributed by atoms with Crippen LogP contribution in [-0.2, 0) is 4.79 Å². The molecule has 2 aromatic heterocycles. The number of ether oxygens (including phenoxy) is 1. The minimum absolute atomic E-state index is 0.106. The highest BCUT2D eigenvalue weighted by molar-refractivity contribution is 6.31. The van der Waals surface area contributed by atoms with Crippen LogP contribution in [-0.4, -0.2) is 39.2 Å². The lowest BCUT2D eigenvalue weighted by molar-refractivity contribution is -0.120. The smallest absolute Gasteiger partial charge is 0.265 e. The van der Waals surface area contributed by atoms with E-state index >= 15 is 4.39 Å². The number of aromatic nitrogens is 4. The number of carbonyl (C=O) groups excluding carboxylic acids is 1. The molecule has 0 spiro atoms. The molecule has 3 heterocycles. The summed E-state index contributed by atoms with van der Waals surface area (Å²) in [7, 11) is 0. The Morgan fingerprint density at radius 3 is 2.88 bits per heavy atom. The molecule has 12 heteroatoms. The lowest BCUT2D eigenvalue weighted by Gasteiger charge is -2.22. The monoisotopic (exact) mass is 475 g/mol. The second-order valence-corrected chi connectivity index (χ2v) is 7.94. The Kier molecular flexibility index (Phi) is 6.32. The number of nitrogens with one attached hydrogen (secondary N) is 2. The van der Waals surface area contributed by atoms with Crippen molar-refractivity contribution < 1.29 is 18.4 Å². The van der Waals surface area contributed by atoms with Crippen molar-refractivity contribution in [3.05, 3.63) is 40.2 Å². The van der Waals surface area contributed by atoms with E-state index in [-0.39, 0.29) is 34.0 Å². The minimum Gasteiger partial charge on any atom is -0.493 e. The number of nitrogens with two attached hydrogens (primary N) is 1. The van der Waals surface area contributed by atoms with Gasteiger partial charge in [-0.15, -0.1) is 0 Å². The van der Waals surface area contributed by atoms with Gasteiger partial charge in [0, 0.05) is 12.1 Å². The van der Waals surface area contributed by atoms with Gasteiger partial charge in [-0.05, 0) is 38.8 Å². The molecule has 0 radical (unpaired) electrons. The first-order valence-electron chi connectivity index (χ1n) is 10.4. The molecule has 3 aromatic rings. The maximum Gasteiger partial charge on any atom is 0.265 e. The summed E-state index contributed by atoms with van der Waals surface area (Å²) in [6.07, 6.45) is 1.75. The number of hydrogen-bond donors (Lipinski definition) is 3. The van der Waals surface area contributed by atoms with Gasteiger partial charge in [-0.25, -0.2) is 14.4 Å². The van der Waals surface area contributed by atoms with E-state index in [1.807, 2.05) is 0 Å². The predicted molar refractivity (Wildman–Crippen MR) is 119 cm³/mol. The van der Waals surface area contributed by atoms with Gasteiger partial charge < -0.3 is 25.6 Å². The van der Waals surface area contributed by atoms with Gasteiger partial charge in [-0.3, -0.25) is 4.79 Å². The summed E-state index contributed by atoms with van der Waals surface area (Å²) in [6, 6.07) is 1.11. The number of halogens is 2. The fraction of sp³-hybridized carbons (Fsp3) is 0.381. The molecule has 1 amide bonds. The molecule has 33 heavy (non-hydrogen) atoms. The molecule has 0 saturated carbocycles. The number of nitrogen functional groups attached to an aromatic ring is 1. The second kappa shape index (κ2) is 9.18. The Morgan fingerprint density at radius 1 is 1.45 bits per heavy atom. The topological polar surface area (TPSA) is 141 Å². The van der Waals surface area contributed by atoms with Crippen molar-refractivity contribution in [3.8, 4) is 17.2 Å². The second-order valence-electron chi connectivity index (χ2n) is 7.57. The van der Waals surface area contributed by atoms with Crippen molar-refractivity contribution in [2.75, 3.05) is 24.2 Å². The third kappa shape index (κ3) is 4.28. The molecule has 4 rings (SSSR count). The summed E-state index contributed by atoms with van der Waals surface area (Å²) in [5, 5.41) is 9.56. The Labute approximate surface area is 194 Å². The van der Waals surface area contributed by atoms with Crippen molar-refractivity contribution in [1.29, 1.82) is 0 Å². The maximum absolute atomic E-state index is 15.5. The van der Waals surface area contributed by atoms with Crippen LogP contribution in [0.25, 0.3) is 11.5 Å². The van der Waals surface area contributed by atoms with Gasteiger partial charge in [0.1, 0.15) is 35.1 Å². The number of hydrogen-bond acceptors (Lipinski definition) is 9. The Bertz CT molecular complexity index is 1200. The molecular formula is C21H23ClFN7O3. The van der Waals surface area contributed by atoms with Crippen LogP contribution in [0, 0.1) is 12.7 Å². The van der Waals surface area contributed by atoms with Crippen molar-refractivity contribution in [2.24, 2.45) is 0 Å². The molecule has 1 fully saturated rings. The van der Waals surface area contributed by atoms with Crippen LogP contribution in [0.4, 0.5) is 16.0 Å². The van der Waals surface area contributed by atoms with E-state index in [1.54, 1.807) is 26.8 Å². The summed E-state index contributed by atoms with van der Waals surface area (Å²) in [6.45, 7) is 6.01. The van der Waals surface area contributed by atoms with E-state index in [2.05, 4.69) is 30.7 Å². The van der Waals surface area contributed by atoms with Gasteiger partial charge in [-0.2, -0.15) is 4.98 Å². The molecule has 0 bridgehead atoms. The molecule has 10 nitrogen and oxygen atoms in total. The summed E-state index contributed by atoms with van der Waals surface area (Å²) in [4.78, 5) is 24.7. The number of benzene rings is 1. The standard InChI is InChI=1S/C21H23ClFN7O3/c1-4-32-13-7-12(16(22)17(23)14(13)11-5-6-25-20(11)31)9(2)28-19-15(18(24)26-8-27-19)21-29-10(3)30-33-21/h7-9,11H,4-6H2,1-3H3,(H,25,31)(H3,24,26,27,28)/t9-,11+/m0/s1. The predicted octanol–water partition coefficient (Wildman–Crippen LogP) is 3.39. The van der Waals surface area contributed by atoms with Gasteiger partial charge in [0.25, 0.3) is 5.89 Å². The normalized spacial score (nSPS) is 16.5. The van der Waals surface area contributed by atoms with Crippen molar-refractivity contribution in [1.82, 2.24) is 25.4 Å². The van der Waals surface area contributed by atoms with E-state index in [0.29, 0.717) is 42.3 Å². The highest BCUT2D eigenvalue weighted by Gasteiger charge is 2.34. The zero-order valence-corrected chi connectivity index (χ0v) is 19.0. The largest absolute Gasteiger partial charge is 0.493 e. The Balaban J connectivity index is 1.73. The molecule has 0 aliphatic carbocycles. The average Bonchev–Trinajstić information content (AvgIpc) is 3.39. The molecule has 0 unspecified atom stereocenters. The number of aryl methyl sites for hydroxylation is 1. The van der Waals surface area contributed by atoms with Crippen LogP contribution < -0.4 is 21.1 Å². The molecular weight excluding hydrogens is 453 g/mol. The SMILES string of the molecule is CCOc1cc([C@H](C)Nc2ncnc(N)c2-c2nc(C)no2)c(Cl)c(F)c1[C@H]1CCNC1=O. The molecule has 1 aliphatic heterocycles. The Hall–Kier alpha value is -3.47. The van der Waals surface area contributed by atoms with Crippen LogP contribution in [0.15, 0.2) is 16.9 Å². The summed E-state index contributed by atoms with van der Waals surface area (Å²) >= 11 is 6.45. The number of amides is 1. The third-order valence-electron chi connectivity index (χ3n) is 5.37. The molecule has 1 aliphatic rings. The lowest BCUT2D eigenvalue weighted by Crippen LogP contribution is -2.20. The molecule has 174 valence electrons. The van der Waals surface area contributed by atoms with Crippen molar-refractivity contribution in [3.63, 3.8) is 0 Å². The molecule has 1 aromatic carbocycles. The minimum atomic E-state index is -0.678. The number of nitrogens with zero attached hydrogens (tertiary/aromatic N) is 4. The highest BCUT2D eigenvalue weighted by Crippen LogP contribution is 2.41.